The van der Waals surface area contributed by atoms with Crippen LogP contribution in [0.4, 0.5) is 9.18 Å². The number of aliphatic hydroxyl groups excluding tert-OH is 1. The summed E-state index contributed by atoms with van der Waals surface area (Å²) in [5.74, 6) is 0. The van der Waals surface area contributed by atoms with E-state index >= 15 is 0 Å². The lowest BCUT2D eigenvalue weighted by molar-refractivity contribution is 0.0221. The van der Waals surface area contributed by atoms with Crippen LogP contribution in [0.2, 0.25) is 0 Å². The lowest BCUT2D eigenvalue weighted by Crippen LogP contribution is -2.39. The molecule has 1 aliphatic rings. The van der Waals surface area contributed by atoms with Crippen molar-refractivity contribution >= 4 is 6.09 Å². The number of amides is 1. The number of likely N-dealkylation sites (tertiary alicyclic amines) is 1. The van der Waals surface area contributed by atoms with Crippen LogP contribution in [0.5, 0.6) is 0 Å². The molecule has 94 valence electrons. The van der Waals surface area contributed by atoms with Crippen LogP contribution in [0.15, 0.2) is 0 Å². The first kappa shape index (κ1) is 13.2. The Balaban J connectivity index is 2.55. The highest BCUT2D eigenvalue weighted by Gasteiger charge is 2.28. The Morgan fingerprint density at radius 2 is 2.12 bits per heavy atom. The van der Waals surface area contributed by atoms with Crippen LogP contribution < -0.4 is 0 Å². The Bertz CT molecular complexity index is 252. The van der Waals surface area contributed by atoms with Gasteiger partial charge in [0.15, 0.2) is 0 Å². The third kappa shape index (κ3) is 4.35. The minimum atomic E-state index is -1.18. The smallest absolute Gasteiger partial charge is 0.410 e. The third-order valence-electron chi connectivity index (χ3n) is 2.33. The Hall–Kier alpha value is -0.840. The molecular formula is C11H20FNO3. The topological polar surface area (TPSA) is 49.8 Å². The van der Waals surface area contributed by atoms with Gasteiger partial charge in [-0.1, -0.05) is 0 Å². The molecule has 1 aliphatic heterocycles. The number of aliphatic hydroxyl groups is 1. The SMILES string of the molecule is CC(C)(C)OC(=O)N1CC[C@H](O)C[C@@H](F)C1. The van der Waals surface area contributed by atoms with E-state index in [4.69, 9.17) is 4.74 Å². The maximum Gasteiger partial charge on any atom is 0.410 e. The quantitative estimate of drug-likeness (QED) is 0.693. The van der Waals surface area contributed by atoms with Crippen LogP contribution in [0.3, 0.4) is 0 Å². The second-order valence-electron chi connectivity index (χ2n) is 5.20. The van der Waals surface area contributed by atoms with Gasteiger partial charge < -0.3 is 14.7 Å². The lowest BCUT2D eigenvalue weighted by atomic mass is 10.1. The zero-order chi connectivity index (χ0) is 12.3. The fraction of sp³-hybridized carbons (Fsp3) is 0.909. The Kier molecular flexibility index (Phi) is 4.13. The molecule has 0 aliphatic carbocycles. The molecule has 0 aromatic carbocycles. The maximum atomic E-state index is 13.3. The molecular weight excluding hydrogens is 213 g/mol. The summed E-state index contributed by atoms with van der Waals surface area (Å²) in [6.45, 7) is 5.65. The first-order valence-corrected chi connectivity index (χ1v) is 5.58. The molecule has 0 unspecified atom stereocenters. The van der Waals surface area contributed by atoms with Crippen LogP contribution in [-0.4, -0.2) is 47.1 Å². The first-order valence-electron chi connectivity index (χ1n) is 5.58. The summed E-state index contributed by atoms with van der Waals surface area (Å²) in [5.41, 5.74) is -0.576. The maximum absolute atomic E-state index is 13.3. The van der Waals surface area contributed by atoms with Gasteiger partial charge >= 0.3 is 6.09 Å². The minimum Gasteiger partial charge on any atom is -0.444 e. The van der Waals surface area contributed by atoms with Crippen molar-refractivity contribution < 1.29 is 19.0 Å². The zero-order valence-corrected chi connectivity index (χ0v) is 10.1. The molecule has 1 saturated heterocycles. The van der Waals surface area contributed by atoms with Gasteiger partial charge in [-0.2, -0.15) is 0 Å². The molecule has 0 bridgehead atoms. The van der Waals surface area contributed by atoms with Crippen molar-refractivity contribution in [1.82, 2.24) is 4.90 Å². The van der Waals surface area contributed by atoms with Gasteiger partial charge in [-0.3, -0.25) is 0 Å². The van der Waals surface area contributed by atoms with Gasteiger partial charge in [-0.05, 0) is 27.2 Å². The number of halogens is 1. The van der Waals surface area contributed by atoms with E-state index in [9.17, 15) is 14.3 Å². The fourth-order valence-corrected chi connectivity index (χ4v) is 1.62. The van der Waals surface area contributed by atoms with Gasteiger partial charge in [-0.25, -0.2) is 9.18 Å². The highest BCUT2D eigenvalue weighted by molar-refractivity contribution is 5.68. The second-order valence-corrected chi connectivity index (χ2v) is 5.20. The molecule has 1 heterocycles. The summed E-state index contributed by atoms with van der Waals surface area (Å²) < 4.78 is 18.5. The second kappa shape index (κ2) is 4.99. The Morgan fingerprint density at radius 3 is 2.69 bits per heavy atom. The zero-order valence-electron chi connectivity index (χ0n) is 10.1. The molecule has 0 aromatic heterocycles. The molecule has 1 rings (SSSR count). The van der Waals surface area contributed by atoms with Crippen molar-refractivity contribution in [3.63, 3.8) is 0 Å². The van der Waals surface area contributed by atoms with Crippen LogP contribution in [0.1, 0.15) is 33.6 Å². The number of hydrogen-bond acceptors (Lipinski definition) is 3. The molecule has 16 heavy (non-hydrogen) atoms. The van der Waals surface area contributed by atoms with E-state index in [1.54, 1.807) is 20.8 Å². The van der Waals surface area contributed by atoms with E-state index in [0.717, 1.165) is 0 Å². The van der Waals surface area contributed by atoms with Gasteiger partial charge in [0.1, 0.15) is 11.8 Å². The summed E-state index contributed by atoms with van der Waals surface area (Å²) in [6, 6.07) is 0. The van der Waals surface area contributed by atoms with Crippen molar-refractivity contribution in [1.29, 1.82) is 0 Å². The number of carbonyl (C=O) groups excluding carboxylic acids is 1. The van der Waals surface area contributed by atoms with Gasteiger partial charge in [0.25, 0.3) is 0 Å². The Labute approximate surface area is 95.4 Å². The van der Waals surface area contributed by atoms with E-state index in [1.165, 1.54) is 4.90 Å². The van der Waals surface area contributed by atoms with Gasteiger partial charge in [-0.15, -0.1) is 0 Å². The van der Waals surface area contributed by atoms with E-state index < -0.39 is 24.0 Å². The summed E-state index contributed by atoms with van der Waals surface area (Å²) in [6.07, 6.45) is -1.85. The monoisotopic (exact) mass is 233 g/mol. The number of hydrogen-bond donors (Lipinski definition) is 1. The van der Waals surface area contributed by atoms with E-state index in [0.29, 0.717) is 13.0 Å². The van der Waals surface area contributed by atoms with Crippen molar-refractivity contribution in [2.45, 2.75) is 51.5 Å². The number of nitrogens with zero attached hydrogens (tertiary/aromatic N) is 1. The van der Waals surface area contributed by atoms with Crippen LogP contribution in [0.25, 0.3) is 0 Å². The van der Waals surface area contributed by atoms with Crippen molar-refractivity contribution in [2.75, 3.05) is 13.1 Å². The highest BCUT2D eigenvalue weighted by Crippen LogP contribution is 2.17. The van der Waals surface area contributed by atoms with Crippen molar-refractivity contribution in [3.05, 3.63) is 0 Å². The molecule has 4 nitrogen and oxygen atoms in total. The van der Waals surface area contributed by atoms with E-state index in [2.05, 4.69) is 0 Å². The molecule has 1 fully saturated rings. The molecule has 0 spiro atoms. The molecule has 0 radical (unpaired) electrons. The van der Waals surface area contributed by atoms with Crippen LogP contribution in [-0.2, 0) is 4.74 Å². The van der Waals surface area contributed by atoms with Gasteiger partial charge in [0.2, 0.25) is 0 Å². The largest absolute Gasteiger partial charge is 0.444 e. The summed E-state index contributed by atoms with van der Waals surface area (Å²) in [7, 11) is 0. The predicted molar refractivity (Wildman–Crippen MR) is 57.9 cm³/mol. The number of carbonyl (C=O) groups is 1. The average Bonchev–Trinajstić information content (AvgIpc) is 2.23. The third-order valence-corrected chi connectivity index (χ3v) is 2.33. The molecule has 1 amide bonds. The Morgan fingerprint density at radius 1 is 1.50 bits per heavy atom. The number of alkyl halides is 1. The molecule has 5 heteroatoms. The standard InChI is InChI=1S/C11H20FNO3/c1-11(2,3)16-10(15)13-5-4-9(14)6-8(12)7-13/h8-9,14H,4-7H2,1-3H3/t8-,9+/m1/s1. The fourth-order valence-electron chi connectivity index (χ4n) is 1.62. The summed E-state index contributed by atoms with van der Waals surface area (Å²) >= 11 is 0. The first-order chi connectivity index (χ1) is 7.28. The van der Waals surface area contributed by atoms with Crippen LogP contribution in [0, 0.1) is 0 Å². The highest BCUT2D eigenvalue weighted by atomic mass is 19.1. The van der Waals surface area contributed by atoms with Crippen LogP contribution >= 0.6 is 0 Å². The van der Waals surface area contributed by atoms with E-state index in [1.807, 2.05) is 0 Å². The minimum absolute atomic E-state index is 0.00593. The molecule has 1 N–H and O–H groups in total. The van der Waals surface area contributed by atoms with Crippen molar-refractivity contribution in [2.24, 2.45) is 0 Å². The molecule has 0 saturated carbocycles. The van der Waals surface area contributed by atoms with Crippen molar-refractivity contribution in [3.8, 4) is 0 Å². The average molecular weight is 233 g/mol. The number of rotatable bonds is 0. The normalized spacial score (nSPS) is 27.4. The van der Waals surface area contributed by atoms with Gasteiger partial charge in [0, 0.05) is 13.0 Å². The summed E-state index contributed by atoms with van der Waals surface area (Å²) in [5, 5.41) is 9.37. The number of ether oxygens (including phenoxy) is 1. The van der Waals surface area contributed by atoms with E-state index in [-0.39, 0.29) is 13.0 Å². The predicted octanol–water partition coefficient (Wildman–Crippen LogP) is 1.72. The molecule has 2 atom stereocenters. The molecule has 0 aromatic rings. The summed E-state index contributed by atoms with van der Waals surface area (Å²) in [4.78, 5) is 13.0. The van der Waals surface area contributed by atoms with Gasteiger partial charge in [0.05, 0.1) is 12.6 Å². The lowest BCUT2D eigenvalue weighted by Gasteiger charge is -2.26.